The molecule has 0 radical (unpaired) electrons. The summed E-state index contributed by atoms with van der Waals surface area (Å²) in [4.78, 5) is 30.4. The van der Waals surface area contributed by atoms with Gasteiger partial charge in [0.15, 0.2) is 0 Å². The number of carbonyl (C=O) groups excluding carboxylic acids is 1. The van der Waals surface area contributed by atoms with Gasteiger partial charge < -0.3 is 19.7 Å². The molecule has 2 aliphatic heterocycles. The standard InChI is InChI=1S/C22H30N6O3/c1-15-10-16(2)25-22(24-15)26-18-11-17(3)23-19(12-18)20-13-28(6-9-31-20)21(29)14-27-4-7-30-8-5-27/h10-12,20H,4-9,13-14H2,1-3H3,(H,23,24,25,26). The number of amides is 1. The van der Waals surface area contributed by atoms with Crippen molar-refractivity contribution in [2.75, 3.05) is 57.9 Å². The largest absolute Gasteiger partial charge is 0.379 e. The first-order valence-electron chi connectivity index (χ1n) is 10.7. The average Bonchev–Trinajstić information content (AvgIpc) is 2.73. The van der Waals surface area contributed by atoms with E-state index in [1.54, 1.807) is 0 Å². The van der Waals surface area contributed by atoms with Gasteiger partial charge in [-0.2, -0.15) is 0 Å². The second kappa shape index (κ2) is 9.67. The van der Waals surface area contributed by atoms with E-state index in [0.29, 0.717) is 45.4 Å². The van der Waals surface area contributed by atoms with Crippen molar-refractivity contribution in [1.82, 2.24) is 24.8 Å². The van der Waals surface area contributed by atoms with E-state index in [1.165, 1.54) is 0 Å². The first-order valence-corrected chi connectivity index (χ1v) is 10.7. The topological polar surface area (TPSA) is 92.7 Å². The van der Waals surface area contributed by atoms with Gasteiger partial charge in [0.1, 0.15) is 6.10 Å². The minimum atomic E-state index is -0.261. The maximum absolute atomic E-state index is 12.8. The molecule has 0 aliphatic carbocycles. The van der Waals surface area contributed by atoms with Crippen molar-refractivity contribution in [3.63, 3.8) is 0 Å². The number of aryl methyl sites for hydroxylation is 3. The lowest BCUT2D eigenvalue weighted by Crippen LogP contribution is -2.48. The van der Waals surface area contributed by atoms with Gasteiger partial charge in [0.25, 0.3) is 0 Å². The van der Waals surface area contributed by atoms with E-state index in [0.717, 1.165) is 41.6 Å². The Labute approximate surface area is 182 Å². The molecular weight excluding hydrogens is 396 g/mol. The predicted octanol–water partition coefficient (Wildman–Crippen LogP) is 1.77. The van der Waals surface area contributed by atoms with Gasteiger partial charge in [0.2, 0.25) is 11.9 Å². The van der Waals surface area contributed by atoms with Crippen LogP contribution >= 0.6 is 0 Å². The van der Waals surface area contributed by atoms with E-state index < -0.39 is 0 Å². The average molecular weight is 427 g/mol. The Kier molecular flexibility index (Phi) is 6.74. The SMILES string of the molecule is Cc1cc(Nc2nc(C)cc(C)n2)cc(C2CN(C(=O)CN3CCOCC3)CCO2)n1. The monoisotopic (exact) mass is 426 g/mol. The van der Waals surface area contributed by atoms with E-state index in [1.807, 2.05) is 43.9 Å². The highest BCUT2D eigenvalue weighted by molar-refractivity contribution is 5.78. The van der Waals surface area contributed by atoms with Gasteiger partial charge in [-0.3, -0.25) is 14.7 Å². The lowest BCUT2D eigenvalue weighted by atomic mass is 10.1. The van der Waals surface area contributed by atoms with Crippen LogP contribution in [0.1, 0.15) is 28.9 Å². The number of nitrogens with one attached hydrogen (secondary N) is 1. The van der Waals surface area contributed by atoms with Gasteiger partial charge in [0.05, 0.1) is 38.6 Å². The molecule has 9 heteroatoms. The molecule has 2 aromatic heterocycles. The molecule has 0 spiro atoms. The molecule has 2 aromatic rings. The lowest BCUT2D eigenvalue weighted by molar-refractivity contribution is -0.141. The normalized spacial score (nSPS) is 20.0. The summed E-state index contributed by atoms with van der Waals surface area (Å²) in [5, 5.41) is 3.28. The summed E-state index contributed by atoms with van der Waals surface area (Å²) in [6, 6.07) is 5.84. The smallest absolute Gasteiger partial charge is 0.236 e. The summed E-state index contributed by atoms with van der Waals surface area (Å²) in [6.07, 6.45) is -0.261. The third kappa shape index (κ3) is 5.75. The van der Waals surface area contributed by atoms with Crippen LogP contribution in [-0.4, -0.2) is 83.2 Å². The number of hydrogen-bond donors (Lipinski definition) is 1. The van der Waals surface area contributed by atoms with Crippen molar-refractivity contribution in [3.05, 3.63) is 41.0 Å². The summed E-state index contributed by atoms with van der Waals surface area (Å²) < 4.78 is 11.4. The zero-order chi connectivity index (χ0) is 21.8. The van der Waals surface area contributed by atoms with Crippen molar-refractivity contribution in [2.45, 2.75) is 26.9 Å². The van der Waals surface area contributed by atoms with Crippen LogP contribution in [0.5, 0.6) is 0 Å². The van der Waals surface area contributed by atoms with Gasteiger partial charge in [-0.25, -0.2) is 9.97 Å². The van der Waals surface area contributed by atoms with E-state index in [4.69, 9.17) is 9.47 Å². The Morgan fingerprint density at radius 2 is 1.71 bits per heavy atom. The van der Waals surface area contributed by atoms with Crippen molar-refractivity contribution in [2.24, 2.45) is 0 Å². The molecule has 9 nitrogen and oxygen atoms in total. The molecule has 0 bridgehead atoms. The number of morpholine rings is 2. The van der Waals surface area contributed by atoms with Crippen LogP contribution in [0.2, 0.25) is 0 Å². The number of nitrogens with zero attached hydrogens (tertiary/aromatic N) is 5. The second-order valence-corrected chi connectivity index (χ2v) is 8.11. The van der Waals surface area contributed by atoms with Crippen LogP contribution in [0.4, 0.5) is 11.6 Å². The maximum Gasteiger partial charge on any atom is 0.236 e. The van der Waals surface area contributed by atoms with Crippen molar-refractivity contribution in [1.29, 1.82) is 0 Å². The van der Waals surface area contributed by atoms with E-state index in [-0.39, 0.29) is 12.0 Å². The first-order chi connectivity index (χ1) is 15.0. The minimum absolute atomic E-state index is 0.129. The molecule has 2 fully saturated rings. The molecule has 2 aliphatic rings. The Balaban J connectivity index is 1.45. The Morgan fingerprint density at radius 1 is 1.00 bits per heavy atom. The fraction of sp³-hybridized carbons (Fsp3) is 0.545. The van der Waals surface area contributed by atoms with Crippen LogP contribution in [0, 0.1) is 20.8 Å². The molecule has 166 valence electrons. The summed E-state index contributed by atoms with van der Waals surface area (Å²) in [5.74, 6) is 0.686. The molecule has 4 heterocycles. The predicted molar refractivity (Wildman–Crippen MR) is 116 cm³/mol. The Hall–Kier alpha value is -2.62. The third-order valence-corrected chi connectivity index (χ3v) is 5.42. The number of rotatable bonds is 5. The molecule has 1 atom stereocenters. The van der Waals surface area contributed by atoms with Gasteiger partial charge >= 0.3 is 0 Å². The fourth-order valence-electron chi connectivity index (χ4n) is 3.95. The fourth-order valence-corrected chi connectivity index (χ4v) is 3.95. The number of ether oxygens (including phenoxy) is 2. The van der Waals surface area contributed by atoms with Crippen LogP contribution in [0.25, 0.3) is 0 Å². The quantitative estimate of drug-likeness (QED) is 0.773. The number of carbonyl (C=O) groups is 1. The highest BCUT2D eigenvalue weighted by atomic mass is 16.5. The van der Waals surface area contributed by atoms with Gasteiger partial charge in [-0.15, -0.1) is 0 Å². The summed E-state index contributed by atoms with van der Waals surface area (Å²) >= 11 is 0. The van der Waals surface area contributed by atoms with E-state index in [2.05, 4.69) is 25.2 Å². The summed E-state index contributed by atoms with van der Waals surface area (Å²) in [5.41, 5.74) is 4.34. The van der Waals surface area contributed by atoms with Gasteiger partial charge in [0, 0.05) is 42.4 Å². The van der Waals surface area contributed by atoms with Crippen molar-refractivity contribution in [3.8, 4) is 0 Å². The van der Waals surface area contributed by atoms with Crippen LogP contribution in [-0.2, 0) is 14.3 Å². The Morgan fingerprint density at radius 3 is 2.45 bits per heavy atom. The summed E-state index contributed by atoms with van der Waals surface area (Å²) in [6.45, 7) is 10.8. The lowest BCUT2D eigenvalue weighted by Gasteiger charge is -2.35. The number of pyridine rings is 1. The van der Waals surface area contributed by atoms with Crippen LogP contribution in [0.15, 0.2) is 18.2 Å². The molecular formula is C22H30N6O3. The molecule has 0 saturated carbocycles. The number of aromatic nitrogens is 3. The van der Waals surface area contributed by atoms with Crippen LogP contribution < -0.4 is 5.32 Å². The first kappa shape index (κ1) is 21.6. The second-order valence-electron chi connectivity index (χ2n) is 8.11. The molecule has 1 amide bonds. The van der Waals surface area contributed by atoms with Crippen molar-refractivity contribution >= 4 is 17.5 Å². The Bertz CT molecular complexity index is 911. The molecule has 2 saturated heterocycles. The number of hydrogen-bond acceptors (Lipinski definition) is 8. The van der Waals surface area contributed by atoms with E-state index in [9.17, 15) is 4.79 Å². The zero-order valence-corrected chi connectivity index (χ0v) is 18.4. The molecule has 4 rings (SSSR count). The third-order valence-electron chi connectivity index (χ3n) is 5.42. The van der Waals surface area contributed by atoms with Gasteiger partial charge in [-0.1, -0.05) is 0 Å². The highest BCUT2D eigenvalue weighted by Gasteiger charge is 2.28. The molecule has 1 unspecified atom stereocenters. The molecule has 1 N–H and O–H groups in total. The van der Waals surface area contributed by atoms with E-state index >= 15 is 0 Å². The highest BCUT2D eigenvalue weighted by Crippen LogP contribution is 2.25. The maximum atomic E-state index is 12.8. The summed E-state index contributed by atoms with van der Waals surface area (Å²) in [7, 11) is 0. The van der Waals surface area contributed by atoms with Crippen molar-refractivity contribution < 1.29 is 14.3 Å². The minimum Gasteiger partial charge on any atom is -0.379 e. The molecule has 31 heavy (non-hydrogen) atoms. The number of anilines is 2. The van der Waals surface area contributed by atoms with Gasteiger partial charge in [-0.05, 0) is 39.0 Å². The zero-order valence-electron chi connectivity index (χ0n) is 18.4. The molecule has 0 aromatic carbocycles. The van der Waals surface area contributed by atoms with Crippen LogP contribution in [0.3, 0.4) is 0 Å².